The molecule has 0 aliphatic carbocycles. The van der Waals surface area contributed by atoms with Crippen molar-refractivity contribution in [1.29, 1.82) is 0 Å². The van der Waals surface area contributed by atoms with E-state index < -0.39 is 0 Å². The average molecular weight is 209 g/mol. The molecule has 0 aromatic heterocycles. The van der Waals surface area contributed by atoms with Crippen molar-refractivity contribution in [1.82, 2.24) is 0 Å². The van der Waals surface area contributed by atoms with Crippen LogP contribution in [-0.4, -0.2) is 18.4 Å². The molecule has 1 heterocycles. The normalized spacial score (nSPS) is 19.2. The van der Waals surface area contributed by atoms with Gasteiger partial charge in [-0.15, -0.1) is 11.8 Å². The van der Waals surface area contributed by atoms with Gasteiger partial charge in [-0.1, -0.05) is 12.1 Å². The Morgan fingerprint density at radius 3 is 2.79 bits per heavy atom. The summed E-state index contributed by atoms with van der Waals surface area (Å²) in [4.78, 5) is 6.67. The molecule has 1 aromatic rings. The minimum atomic E-state index is 0.213. The Morgan fingerprint density at radius 1 is 1.36 bits per heavy atom. The van der Waals surface area contributed by atoms with E-state index in [1.807, 2.05) is 22.9 Å². The molecular weight excluding hydrogens is 194 g/mol. The predicted octanol–water partition coefficient (Wildman–Crippen LogP) is 2.94. The van der Waals surface area contributed by atoms with Gasteiger partial charge in [0.25, 0.3) is 0 Å². The van der Waals surface area contributed by atoms with Crippen molar-refractivity contribution < 1.29 is 4.84 Å². The minimum absolute atomic E-state index is 0.213. The molecule has 0 saturated carbocycles. The van der Waals surface area contributed by atoms with E-state index in [2.05, 4.69) is 32.0 Å². The molecule has 0 N–H and O–H groups in total. The Bertz CT molecular complexity index is 338. The van der Waals surface area contributed by atoms with Crippen LogP contribution in [0.1, 0.15) is 13.8 Å². The zero-order chi connectivity index (χ0) is 10.2. The topological polar surface area (TPSA) is 12.5 Å². The molecule has 1 aliphatic heterocycles. The van der Waals surface area contributed by atoms with Gasteiger partial charge in [0.1, 0.15) is 0 Å². The SMILES string of the molecule is CON1CC(C)(C)Sc2ccccc21. The lowest BCUT2D eigenvalue weighted by molar-refractivity contribution is 0.158. The molecule has 0 radical (unpaired) electrons. The first kappa shape index (κ1) is 9.87. The number of hydrogen-bond donors (Lipinski definition) is 0. The number of benzene rings is 1. The average Bonchev–Trinajstić information content (AvgIpc) is 2.15. The smallest absolute Gasteiger partial charge is 0.0773 e. The quantitative estimate of drug-likeness (QED) is 0.705. The van der Waals surface area contributed by atoms with Crippen molar-refractivity contribution in [3.05, 3.63) is 24.3 Å². The molecule has 76 valence electrons. The van der Waals surface area contributed by atoms with Gasteiger partial charge in [0.15, 0.2) is 0 Å². The van der Waals surface area contributed by atoms with Gasteiger partial charge >= 0.3 is 0 Å². The van der Waals surface area contributed by atoms with Crippen molar-refractivity contribution >= 4 is 17.4 Å². The number of para-hydroxylation sites is 1. The highest BCUT2D eigenvalue weighted by molar-refractivity contribution is 8.00. The van der Waals surface area contributed by atoms with Crippen LogP contribution in [0, 0.1) is 0 Å². The molecule has 2 rings (SSSR count). The highest BCUT2D eigenvalue weighted by Gasteiger charge is 2.30. The molecule has 2 nitrogen and oxygen atoms in total. The first-order valence-electron chi connectivity index (χ1n) is 4.72. The van der Waals surface area contributed by atoms with Crippen LogP contribution in [0.4, 0.5) is 5.69 Å². The molecule has 1 aromatic carbocycles. The van der Waals surface area contributed by atoms with Crippen molar-refractivity contribution in [3.8, 4) is 0 Å². The predicted molar refractivity (Wildman–Crippen MR) is 60.7 cm³/mol. The van der Waals surface area contributed by atoms with E-state index in [1.54, 1.807) is 7.11 Å². The van der Waals surface area contributed by atoms with Crippen LogP contribution in [0.25, 0.3) is 0 Å². The third-order valence-electron chi connectivity index (χ3n) is 2.26. The van der Waals surface area contributed by atoms with Crippen LogP contribution < -0.4 is 5.06 Å². The number of rotatable bonds is 1. The van der Waals surface area contributed by atoms with E-state index in [1.165, 1.54) is 10.6 Å². The fourth-order valence-electron chi connectivity index (χ4n) is 1.67. The summed E-state index contributed by atoms with van der Waals surface area (Å²) < 4.78 is 0.213. The first-order chi connectivity index (χ1) is 6.62. The number of thioether (sulfide) groups is 1. The first-order valence-corrected chi connectivity index (χ1v) is 5.54. The van der Waals surface area contributed by atoms with Gasteiger partial charge in [-0.25, -0.2) is 0 Å². The molecule has 0 saturated heterocycles. The molecule has 1 aliphatic rings. The number of anilines is 1. The highest BCUT2D eigenvalue weighted by Crippen LogP contribution is 2.43. The van der Waals surface area contributed by atoms with Crippen molar-refractivity contribution in [2.24, 2.45) is 0 Å². The molecule has 0 amide bonds. The van der Waals surface area contributed by atoms with Crippen molar-refractivity contribution in [3.63, 3.8) is 0 Å². The second-order valence-corrected chi connectivity index (χ2v) is 5.80. The molecule has 0 fully saturated rings. The van der Waals surface area contributed by atoms with Crippen LogP contribution in [0.5, 0.6) is 0 Å². The summed E-state index contributed by atoms with van der Waals surface area (Å²) in [7, 11) is 1.73. The zero-order valence-electron chi connectivity index (χ0n) is 8.78. The summed E-state index contributed by atoms with van der Waals surface area (Å²) in [6, 6.07) is 8.36. The zero-order valence-corrected chi connectivity index (χ0v) is 9.60. The summed E-state index contributed by atoms with van der Waals surface area (Å²) in [6.45, 7) is 5.39. The molecule has 3 heteroatoms. The fourth-order valence-corrected chi connectivity index (χ4v) is 2.87. The largest absolute Gasteiger partial charge is 0.277 e. The fraction of sp³-hybridized carbons (Fsp3) is 0.455. The highest BCUT2D eigenvalue weighted by atomic mass is 32.2. The summed E-state index contributed by atoms with van der Waals surface area (Å²) >= 11 is 1.91. The lowest BCUT2D eigenvalue weighted by Gasteiger charge is -2.38. The molecular formula is C11H15NOS. The van der Waals surface area contributed by atoms with Gasteiger partial charge in [0.2, 0.25) is 0 Å². The Hall–Kier alpha value is -0.670. The third-order valence-corrected chi connectivity index (χ3v) is 3.51. The van der Waals surface area contributed by atoms with Gasteiger partial charge in [0.05, 0.1) is 19.3 Å². The third kappa shape index (κ3) is 1.74. The van der Waals surface area contributed by atoms with E-state index in [0.29, 0.717) is 0 Å². The molecule has 0 spiro atoms. The standard InChI is InChI=1S/C11H15NOS/c1-11(2)8-12(13-3)9-6-4-5-7-10(9)14-11/h4-7H,8H2,1-3H3. The Kier molecular flexibility index (Phi) is 2.45. The summed E-state index contributed by atoms with van der Waals surface area (Å²) in [6.07, 6.45) is 0. The molecule has 0 bridgehead atoms. The lowest BCUT2D eigenvalue weighted by Crippen LogP contribution is -2.39. The lowest BCUT2D eigenvalue weighted by atomic mass is 10.2. The van der Waals surface area contributed by atoms with E-state index in [9.17, 15) is 0 Å². The van der Waals surface area contributed by atoms with Crippen molar-refractivity contribution in [2.75, 3.05) is 18.7 Å². The van der Waals surface area contributed by atoms with Gasteiger partial charge in [-0.2, -0.15) is 0 Å². The van der Waals surface area contributed by atoms with E-state index >= 15 is 0 Å². The van der Waals surface area contributed by atoms with Gasteiger partial charge in [-0.3, -0.25) is 9.90 Å². The van der Waals surface area contributed by atoms with Gasteiger partial charge in [-0.05, 0) is 26.0 Å². The summed E-state index contributed by atoms with van der Waals surface area (Å²) in [5.41, 5.74) is 1.18. The Labute approximate surface area is 89.2 Å². The van der Waals surface area contributed by atoms with Crippen LogP contribution >= 0.6 is 11.8 Å². The maximum absolute atomic E-state index is 5.37. The monoisotopic (exact) mass is 209 g/mol. The number of hydroxylamine groups is 1. The second kappa shape index (κ2) is 3.48. The Morgan fingerprint density at radius 2 is 2.07 bits per heavy atom. The maximum atomic E-state index is 5.37. The second-order valence-electron chi connectivity index (χ2n) is 4.05. The van der Waals surface area contributed by atoms with E-state index in [4.69, 9.17) is 4.84 Å². The minimum Gasteiger partial charge on any atom is -0.277 e. The molecule has 0 unspecified atom stereocenters. The van der Waals surface area contributed by atoms with Crippen LogP contribution in [0.2, 0.25) is 0 Å². The summed E-state index contributed by atoms with van der Waals surface area (Å²) in [5, 5.41) is 1.96. The van der Waals surface area contributed by atoms with Crippen LogP contribution in [0.15, 0.2) is 29.2 Å². The van der Waals surface area contributed by atoms with Gasteiger partial charge < -0.3 is 0 Å². The number of nitrogens with zero attached hydrogens (tertiary/aromatic N) is 1. The van der Waals surface area contributed by atoms with Gasteiger partial charge in [0, 0.05) is 9.64 Å². The van der Waals surface area contributed by atoms with E-state index in [0.717, 1.165) is 6.54 Å². The number of hydrogen-bond acceptors (Lipinski definition) is 3. The van der Waals surface area contributed by atoms with Crippen molar-refractivity contribution in [2.45, 2.75) is 23.5 Å². The molecule has 14 heavy (non-hydrogen) atoms. The number of fused-ring (bicyclic) bond motifs is 1. The maximum Gasteiger partial charge on any atom is 0.0773 e. The Balaban J connectivity index is 2.41. The van der Waals surface area contributed by atoms with Crippen LogP contribution in [-0.2, 0) is 4.84 Å². The van der Waals surface area contributed by atoms with Crippen LogP contribution in [0.3, 0.4) is 0 Å². The van der Waals surface area contributed by atoms with E-state index in [-0.39, 0.29) is 4.75 Å². The molecule has 0 atom stereocenters. The summed E-state index contributed by atoms with van der Waals surface area (Å²) in [5.74, 6) is 0.